The second-order valence-corrected chi connectivity index (χ2v) is 6.39. The van der Waals surface area contributed by atoms with Gasteiger partial charge in [0.25, 0.3) is 0 Å². The fraction of sp³-hybridized carbons (Fsp3) is 0.917. The van der Waals surface area contributed by atoms with Crippen molar-refractivity contribution in [1.82, 2.24) is 5.32 Å². The molecule has 0 heterocycles. The lowest BCUT2D eigenvalue weighted by Gasteiger charge is -2.20. The number of carbonyl (C=O) groups is 1. The maximum absolute atomic E-state index is 11.4. The molecule has 0 radical (unpaired) electrons. The van der Waals surface area contributed by atoms with Crippen molar-refractivity contribution in [2.45, 2.75) is 48.0 Å². The summed E-state index contributed by atoms with van der Waals surface area (Å²) in [6.45, 7) is 13.4. The Morgan fingerprint density at radius 3 is 2.00 bits per heavy atom. The molecule has 0 aromatic rings. The van der Waals surface area contributed by atoms with Crippen LogP contribution >= 0.6 is 0 Å². The highest BCUT2D eigenvalue weighted by Crippen LogP contribution is 2.17. The van der Waals surface area contributed by atoms with E-state index in [1.807, 2.05) is 20.8 Å². The largest absolute Gasteiger partial charge is 0.361 e. The summed E-state index contributed by atoms with van der Waals surface area (Å²) < 4.78 is 5.35. The third-order valence-corrected chi connectivity index (χ3v) is 1.60. The molecular weight excluding hydrogens is 190 g/mol. The first-order chi connectivity index (χ1) is 6.60. The van der Waals surface area contributed by atoms with Gasteiger partial charge in [-0.15, -0.1) is 0 Å². The van der Waals surface area contributed by atoms with Gasteiger partial charge in [0.2, 0.25) is 5.91 Å². The molecule has 0 aliphatic carbocycles. The molecule has 3 heteroatoms. The Labute approximate surface area is 93.6 Å². The Hall–Kier alpha value is -0.570. The van der Waals surface area contributed by atoms with Crippen molar-refractivity contribution in [2.24, 2.45) is 10.8 Å². The number of rotatable bonds is 4. The number of ether oxygens (including phenoxy) is 1. The molecule has 1 amide bonds. The minimum atomic E-state index is 0.0358. The van der Waals surface area contributed by atoms with Crippen molar-refractivity contribution in [1.29, 1.82) is 0 Å². The molecule has 0 aliphatic heterocycles. The highest BCUT2D eigenvalue weighted by molar-refractivity contribution is 5.76. The lowest BCUT2D eigenvalue weighted by Crippen LogP contribution is -2.31. The summed E-state index contributed by atoms with van der Waals surface area (Å²) in [6.07, 6.45) is 0.534. The zero-order chi connectivity index (χ0) is 12.1. The van der Waals surface area contributed by atoms with Crippen molar-refractivity contribution in [2.75, 3.05) is 13.3 Å². The molecular formula is C12H25NO2. The number of nitrogens with one attached hydrogen (secondary N) is 1. The van der Waals surface area contributed by atoms with E-state index in [1.165, 1.54) is 0 Å². The minimum Gasteiger partial charge on any atom is -0.361 e. The van der Waals surface area contributed by atoms with E-state index in [9.17, 15) is 4.79 Å². The van der Waals surface area contributed by atoms with Crippen LogP contribution in [0.15, 0.2) is 0 Å². The Bertz CT molecular complexity index is 199. The molecule has 1 N–H and O–H groups in total. The van der Waals surface area contributed by atoms with E-state index in [1.54, 1.807) is 0 Å². The molecule has 0 fully saturated rings. The molecule has 0 saturated carbocycles. The first-order valence-corrected chi connectivity index (χ1v) is 5.45. The van der Waals surface area contributed by atoms with Gasteiger partial charge in [0, 0.05) is 6.42 Å². The fourth-order valence-corrected chi connectivity index (χ4v) is 1.03. The topological polar surface area (TPSA) is 38.3 Å². The smallest absolute Gasteiger partial charge is 0.222 e. The Balaban J connectivity index is 3.57. The number of carbonyl (C=O) groups excluding carboxylic acids is 1. The predicted octanol–water partition coefficient (Wildman–Crippen LogP) is 2.56. The van der Waals surface area contributed by atoms with Crippen molar-refractivity contribution in [3.8, 4) is 0 Å². The summed E-state index contributed by atoms with van der Waals surface area (Å²) in [6, 6.07) is 0. The van der Waals surface area contributed by atoms with E-state index in [0.717, 1.165) is 0 Å². The van der Waals surface area contributed by atoms with Gasteiger partial charge in [0.1, 0.15) is 6.73 Å². The lowest BCUT2D eigenvalue weighted by atomic mass is 9.92. The SMILES string of the molecule is CC(C)(C)COCNC(=O)CC(C)(C)C. The van der Waals surface area contributed by atoms with Gasteiger partial charge in [-0.25, -0.2) is 0 Å². The standard InChI is InChI=1S/C12H25NO2/c1-11(2,3)7-10(14)13-9-15-8-12(4,5)6/h7-9H2,1-6H3,(H,13,14). The van der Waals surface area contributed by atoms with Gasteiger partial charge in [-0.1, -0.05) is 41.5 Å². The molecule has 0 aliphatic rings. The highest BCUT2D eigenvalue weighted by atomic mass is 16.5. The molecule has 0 spiro atoms. The molecule has 0 atom stereocenters. The predicted molar refractivity (Wildman–Crippen MR) is 62.5 cm³/mol. The van der Waals surface area contributed by atoms with Crippen LogP contribution in [0.2, 0.25) is 0 Å². The van der Waals surface area contributed by atoms with E-state index in [4.69, 9.17) is 4.74 Å². The zero-order valence-electron chi connectivity index (χ0n) is 10.9. The molecule has 0 rings (SSSR count). The molecule has 0 aromatic heterocycles. The summed E-state index contributed by atoms with van der Waals surface area (Å²) in [5.74, 6) is 0.0522. The van der Waals surface area contributed by atoms with Gasteiger partial charge in [-0.05, 0) is 10.8 Å². The second-order valence-electron chi connectivity index (χ2n) is 6.39. The van der Waals surface area contributed by atoms with Crippen LogP contribution in [-0.4, -0.2) is 19.2 Å². The van der Waals surface area contributed by atoms with Crippen molar-refractivity contribution >= 4 is 5.91 Å². The van der Waals surface area contributed by atoms with Crippen LogP contribution in [0.3, 0.4) is 0 Å². The number of amides is 1. The summed E-state index contributed by atoms with van der Waals surface area (Å²) in [5, 5.41) is 2.75. The number of hydrogen-bond acceptors (Lipinski definition) is 2. The molecule has 3 nitrogen and oxygen atoms in total. The maximum atomic E-state index is 11.4. The first-order valence-electron chi connectivity index (χ1n) is 5.45. The second kappa shape index (κ2) is 5.50. The summed E-state index contributed by atoms with van der Waals surface area (Å²) in [5.41, 5.74) is 0.183. The van der Waals surface area contributed by atoms with Crippen LogP contribution in [0.1, 0.15) is 48.0 Å². The number of hydrogen-bond donors (Lipinski definition) is 1. The van der Waals surface area contributed by atoms with Gasteiger partial charge in [-0.3, -0.25) is 4.79 Å². The molecule has 0 saturated heterocycles. The third kappa shape index (κ3) is 11.4. The van der Waals surface area contributed by atoms with E-state index in [-0.39, 0.29) is 16.7 Å². The molecule has 90 valence electrons. The fourth-order valence-electron chi connectivity index (χ4n) is 1.03. The average molecular weight is 215 g/mol. The van der Waals surface area contributed by atoms with Crippen LogP contribution in [-0.2, 0) is 9.53 Å². The highest BCUT2D eigenvalue weighted by Gasteiger charge is 2.15. The van der Waals surface area contributed by atoms with Gasteiger partial charge >= 0.3 is 0 Å². The van der Waals surface area contributed by atoms with Gasteiger partial charge in [0.05, 0.1) is 6.61 Å². The van der Waals surface area contributed by atoms with E-state index >= 15 is 0 Å². The third-order valence-electron chi connectivity index (χ3n) is 1.60. The van der Waals surface area contributed by atoms with E-state index in [0.29, 0.717) is 19.8 Å². The van der Waals surface area contributed by atoms with Crippen molar-refractivity contribution in [3.05, 3.63) is 0 Å². The van der Waals surface area contributed by atoms with Gasteiger partial charge in [-0.2, -0.15) is 0 Å². The maximum Gasteiger partial charge on any atom is 0.222 e. The molecule has 0 aromatic carbocycles. The summed E-state index contributed by atoms with van der Waals surface area (Å²) in [7, 11) is 0. The van der Waals surface area contributed by atoms with E-state index < -0.39 is 0 Å². The quantitative estimate of drug-likeness (QED) is 0.578. The zero-order valence-corrected chi connectivity index (χ0v) is 10.9. The van der Waals surface area contributed by atoms with Crippen LogP contribution in [0.5, 0.6) is 0 Å². The van der Waals surface area contributed by atoms with Gasteiger partial charge < -0.3 is 10.1 Å². The van der Waals surface area contributed by atoms with Crippen LogP contribution in [0, 0.1) is 10.8 Å². The van der Waals surface area contributed by atoms with E-state index in [2.05, 4.69) is 26.1 Å². The Morgan fingerprint density at radius 2 is 1.60 bits per heavy atom. The Kier molecular flexibility index (Phi) is 5.29. The average Bonchev–Trinajstić information content (AvgIpc) is 1.92. The van der Waals surface area contributed by atoms with Crippen LogP contribution < -0.4 is 5.32 Å². The van der Waals surface area contributed by atoms with Crippen molar-refractivity contribution < 1.29 is 9.53 Å². The molecule has 0 bridgehead atoms. The normalized spacial score (nSPS) is 12.7. The molecule has 15 heavy (non-hydrogen) atoms. The van der Waals surface area contributed by atoms with Crippen LogP contribution in [0.4, 0.5) is 0 Å². The van der Waals surface area contributed by atoms with Gasteiger partial charge in [0.15, 0.2) is 0 Å². The van der Waals surface area contributed by atoms with Crippen LogP contribution in [0.25, 0.3) is 0 Å². The Morgan fingerprint density at radius 1 is 1.07 bits per heavy atom. The van der Waals surface area contributed by atoms with Crippen molar-refractivity contribution in [3.63, 3.8) is 0 Å². The summed E-state index contributed by atoms with van der Waals surface area (Å²) in [4.78, 5) is 11.4. The minimum absolute atomic E-state index is 0.0358. The summed E-state index contributed by atoms with van der Waals surface area (Å²) >= 11 is 0. The first kappa shape index (κ1) is 14.4. The lowest BCUT2D eigenvalue weighted by molar-refractivity contribution is -0.124. The monoisotopic (exact) mass is 215 g/mol. The molecule has 0 unspecified atom stereocenters.